The summed E-state index contributed by atoms with van der Waals surface area (Å²) in [6.45, 7) is 0.801. The van der Waals surface area contributed by atoms with Crippen LogP contribution in [0.4, 0.5) is 11.5 Å². The topological polar surface area (TPSA) is 147 Å². The first-order valence-electron chi connectivity index (χ1n) is 7.84. The number of rotatable bonds is 5. The average molecular weight is 393 g/mol. The molecule has 0 radical (unpaired) electrons. The number of nitro benzene ring substituents is 1. The van der Waals surface area contributed by atoms with Crippen LogP contribution in [0, 0.1) is 10.1 Å². The molecule has 1 aliphatic heterocycles. The minimum Gasteiger partial charge on any atom is -0.476 e. The molecule has 0 amide bonds. The van der Waals surface area contributed by atoms with E-state index >= 15 is 0 Å². The lowest BCUT2D eigenvalue weighted by molar-refractivity contribution is -0.387. The second-order valence-electron chi connectivity index (χ2n) is 5.68. The number of hydrogen-bond donors (Lipinski definition) is 1. The third-order valence-corrected chi connectivity index (χ3v) is 6.05. The number of carboxylic acids is 1. The van der Waals surface area contributed by atoms with Gasteiger partial charge in [-0.2, -0.15) is 4.31 Å². The van der Waals surface area contributed by atoms with Crippen molar-refractivity contribution < 1.29 is 23.2 Å². The van der Waals surface area contributed by atoms with Crippen molar-refractivity contribution in [3.8, 4) is 0 Å². The molecule has 11 nitrogen and oxygen atoms in total. The zero-order valence-corrected chi connectivity index (χ0v) is 14.7. The summed E-state index contributed by atoms with van der Waals surface area (Å²) in [5.41, 5.74) is -0.647. The standard InChI is InChI=1S/C15H15N5O6S/c21-15(22)11-9-17-14(10-16-11)18-5-7-19(8-6-18)27(25,26)13-4-2-1-3-12(13)20(23)24/h1-4,9-10H,5-8H2,(H,21,22). The summed E-state index contributed by atoms with van der Waals surface area (Å²) in [6, 6.07) is 5.23. The van der Waals surface area contributed by atoms with Gasteiger partial charge >= 0.3 is 5.97 Å². The Morgan fingerprint density at radius 2 is 1.78 bits per heavy atom. The summed E-state index contributed by atoms with van der Waals surface area (Å²) in [6.07, 6.45) is 2.45. The lowest BCUT2D eigenvalue weighted by Gasteiger charge is -2.34. The molecule has 12 heteroatoms. The Balaban J connectivity index is 1.75. The van der Waals surface area contributed by atoms with Crippen LogP contribution in [0.3, 0.4) is 0 Å². The minimum absolute atomic E-state index is 0.108. The molecule has 0 bridgehead atoms. The van der Waals surface area contributed by atoms with E-state index in [9.17, 15) is 23.3 Å². The molecule has 0 aliphatic carbocycles. The Labute approximate surface area is 154 Å². The van der Waals surface area contributed by atoms with Gasteiger partial charge in [0.25, 0.3) is 5.69 Å². The van der Waals surface area contributed by atoms with Crippen LogP contribution >= 0.6 is 0 Å². The maximum atomic E-state index is 12.8. The summed E-state index contributed by atoms with van der Waals surface area (Å²) in [7, 11) is -4.01. The quantitative estimate of drug-likeness (QED) is 0.569. The average Bonchev–Trinajstić information content (AvgIpc) is 2.68. The smallest absolute Gasteiger partial charge is 0.356 e. The van der Waals surface area contributed by atoms with Gasteiger partial charge in [0, 0.05) is 32.2 Å². The van der Waals surface area contributed by atoms with E-state index in [1.165, 1.54) is 28.7 Å². The SMILES string of the molecule is O=C(O)c1cnc(N2CCN(S(=O)(=O)c3ccccc3[N+](=O)[O-])CC2)cn1. The van der Waals surface area contributed by atoms with Crippen LogP contribution in [0.25, 0.3) is 0 Å². The number of aromatic carboxylic acids is 1. The first-order valence-corrected chi connectivity index (χ1v) is 9.28. The Morgan fingerprint density at radius 3 is 2.33 bits per heavy atom. The van der Waals surface area contributed by atoms with Crippen LogP contribution in [-0.2, 0) is 10.0 Å². The number of aromatic nitrogens is 2. The van der Waals surface area contributed by atoms with Crippen LogP contribution in [0.15, 0.2) is 41.6 Å². The lowest BCUT2D eigenvalue weighted by Crippen LogP contribution is -2.49. The highest BCUT2D eigenvalue weighted by molar-refractivity contribution is 7.89. The number of carboxylic acid groups (broad SMARTS) is 1. The fourth-order valence-corrected chi connectivity index (χ4v) is 4.30. The van der Waals surface area contributed by atoms with Crippen molar-refractivity contribution in [1.29, 1.82) is 0 Å². The highest BCUT2D eigenvalue weighted by atomic mass is 32.2. The summed E-state index contributed by atoms with van der Waals surface area (Å²) in [5, 5.41) is 20.0. The van der Waals surface area contributed by atoms with Crippen molar-refractivity contribution in [2.45, 2.75) is 4.90 Å². The number of nitro groups is 1. The first kappa shape index (κ1) is 18.7. The zero-order chi connectivity index (χ0) is 19.6. The van der Waals surface area contributed by atoms with E-state index in [0.717, 1.165) is 12.3 Å². The summed E-state index contributed by atoms with van der Waals surface area (Å²) < 4.78 is 26.8. The zero-order valence-electron chi connectivity index (χ0n) is 13.9. The largest absolute Gasteiger partial charge is 0.476 e. The number of hydrogen-bond acceptors (Lipinski definition) is 8. The van der Waals surface area contributed by atoms with Gasteiger partial charge in [-0.3, -0.25) is 10.1 Å². The van der Waals surface area contributed by atoms with E-state index in [-0.39, 0.29) is 23.7 Å². The van der Waals surface area contributed by atoms with Gasteiger partial charge in [-0.1, -0.05) is 12.1 Å². The molecular formula is C15H15N5O6S. The van der Waals surface area contributed by atoms with Gasteiger partial charge in [0.1, 0.15) is 5.82 Å². The van der Waals surface area contributed by atoms with Crippen LogP contribution in [0.2, 0.25) is 0 Å². The molecule has 1 N–H and O–H groups in total. The van der Waals surface area contributed by atoms with Crippen LogP contribution in [0.5, 0.6) is 0 Å². The summed E-state index contributed by atoms with van der Waals surface area (Å²) >= 11 is 0. The molecule has 2 aromatic rings. The third kappa shape index (κ3) is 3.71. The van der Waals surface area contributed by atoms with Gasteiger partial charge in [-0.05, 0) is 6.07 Å². The second-order valence-corrected chi connectivity index (χ2v) is 7.59. The maximum Gasteiger partial charge on any atom is 0.356 e. The van der Waals surface area contributed by atoms with E-state index in [1.54, 1.807) is 4.90 Å². The van der Waals surface area contributed by atoms with Gasteiger partial charge in [0.15, 0.2) is 10.6 Å². The molecule has 0 atom stereocenters. The number of anilines is 1. The fraction of sp³-hybridized carbons (Fsp3) is 0.267. The number of piperazine rings is 1. The highest BCUT2D eigenvalue weighted by Crippen LogP contribution is 2.27. The molecular weight excluding hydrogens is 378 g/mol. The molecule has 0 saturated carbocycles. The number of para-hydroxylation sites is 1. The number of nitrogens with zero attached hydrogens (tertiary/aromatic N) is 5. The van der Waals surface area contributed by atoms with Gasteiger partial charge < -0.3 is 10.0 Å². The minimum atomic E-state index is -4.01. The molecule has 1 fully saturated rings. The Bertz CT molecular complexity index is 970. The van der Waals surface area contributed by atoms with Gasteiger partial charge in [-0.25, -0.2) is 23.2 Å². The van der Waals surface area contributed by atoms with Crippen molar-refractivity contribution in [1.82, 2.24) is 14.3 Å². The van der Waals surface area contributed by atoms with Crippen molar-refractivity contribution in [3.63, 3.8) is 0 Å². The van der Waals surface area contributed by atoms with Gasteiger partial charge in [0.2, 0.25) is 10.0 Å². The Kier molecular flexibility index (Phi) is 5.01. The predicted octanol–water partition coefficient (Wildman–Crippen LogP) is 0.594. The Morgan fingerprint density at radius 1 is 1.11 bits per heavy atom. The lowest BCUT2D eigenvalue weighted by atomic mass is 10.3. The van der Waals surface area contributed by atoms with E-state index in [1.807, 2.05) is 0 Å². The maximum absolute atomic E-state index is 12.8. The van der Waals surface area contributed by atoms with Crippen molar-refractivity contribution >= 4 is 27.5 Å². The normalized spacial score (nSPS) is 15.5. The van der Waals surface area contributed by atoms with Crippen molar-refractivity contribution in [2.24, 2.45) is 0 Å². The predicted molar refractivity (Wildman–Crippen MR) is 93.1 cm³/mol. The van der Waals surface area contributed by atoms with E-state index in [2.05, 4.69) is 9.97 Å². The number of sulfonamides is 1. The molecule has 1 saturated heterocycles. The van der Waals surface area contributed by atoms with Crippen LogP contribution in [0.1, 0.15) is 10.5 Å². The highest BCUT2D eigenvalue weighted by Gasteiger charge is 2.33. The Hall–Kier alpha value is -3.12. The first-order chi connectivity index (χ1) is 12.8. The molecule has 142 valence electrons. The van der Waals surface area contributed by atoms with Crippen LogP contribution in [-0.4, -0.2) is 64.9 Å². The van der Waals surface area contributed by atoms with E-state index in [4.69, 9.17) is 5.11 Å². The third-order valence-electron chi connectivity index (χ3n) is 4.10. The second kappa shape index (κ2) is 7.25. The molecule has 1 aromatic carbocycles. The summed E-state index contributed by atoms with van der Waals surface area (Å²) in [4.78, 5) is 30.5. The van der Waals surface area contributed by atoms with E-state index < -0.39 is 26.6 Å². The van der Waals surface area contributed by atoms with Gasteiger partial charge in [-0.15, -0.1) is 0 Å². The molecule has 27 heavy (non-hydrogen) atoms. The number of carbonyl (C=O) groups is 1. The van der Waals surface area contributed by atoms with Crippen molar-refractivity contribution in [3.05, 3.63) is 52.5 Å². The van der Waals surface area contributed by atoms with Gasteiger partial charge in [0.05, 0.1) is 17.3 Å². The van der Waals surface area contributed by atoms with Crippen LogP contribution < -0.4 is 4.90 Å². The molecule has 3 rings (SSSR count). The molecule has 0 unspecified atom stereocenters. The molecule has 0 spiro atoms. The van der Waals surface area contributed by atoms with Crippen molar-refractivity contribution in [2.75, 3.05) is 31.1 Å². The fourth-order valence-electron chi connectivity index (χ4n) is 2.72. The molecule has 1 aromatic heterocycles. The monoisotopic (exact) mass is 393 g/mol. The number of benzene rings is 1. The molecule has 1 aliphatic rings. The van der Waals surface area contributed by atoms with E-state index in [0.29, 0.717) is 18.9 Å². The summed E-state index contributed by atoms with van der Waals surface area (Å²) in [5.74, 6) is -0.753. The molecule has 2 heterocycles.